The second kappa shape index (κ2) is 8.54. The molecule has 0 radical (unpaired) electrons. The number of hydrogen-bond donors (Lipinski definition) is 1. The summed E-state index contributed by atoms with van der Waals surface area (Å²) in [6.07, 6.45) is 6.43. The highest BCUT2D eigenvalue weighted by molar-refractivity contribution is 6.31. The second-order valence-corrected chi connectivity index (χ2v) is 6.32. The molecule has 1 aromatic carbocycles. The van der Waals surface area contributed by atoms with Crippen LogP contribution in [0.2, 0.25) is 5.02 Å². The highest BCUT2D eigenvalue weighted by atomic mass is 35.5. The first-order valence-corrected chi connectivity index (χ1v) is 8.71. The number of pyridine rings is 2. The number of nitrogens with zero attached hydrogens (tertiary/aromatic N) is 3. The van der Waals surface area contributed by atoms with Crippen LogP contribution in [0, 0.1) is 0 Å². The topological polar surface area (TPSA) is 67.2 Å². The van der Waals surface area contributed by atoms with Gasteiger partial charge >= 0.3 is 0 Å². The minimum absolute atomic E-state index is 0.104. The zero-order chi connectivity index (χ0) is 18.4. The number of fused-ring (bicyclic) bond motifs is 1. The average molecular weight is 367 g/mol. The van der Waals surface area contributed by atoms with Gasteiger partial charge in [0, 0.05) is 55.3 Å². The van der Waals surface area contributed by atoms with Crippen LogP contribution in [-0.2, 0) is 6.42 Å². The summed E-state index contributed by atoms with van der Waals surface area (Å²) < 4.78 is 0. The molecule has 0 atom stereocenters. The normalized spacial score (nSPS) is 11.2. The van der Waals surface area contributed by atoms with Gasteiger partial charge in [0.15, 0.2) is 0 Å². The van der Waals surface area contributed by atoms with E-state index in [0.29, 0.717) is 30.0 Å². The van der Waals surface area contributed by atoms with Gasteiger partial charge in [-0.05, 0) is 42.3 Å². The monoisotopic (exact) mass is 366 g/mol. The highest BCUT2D eigenvalue weighted by Crippen LogP contribution is 2.19. The molecule has 0 fully saturated rings. The van der Waals surface area contributed by atoms with Crippen molar-refractivity contribution in [1.82, 2.24) is 15.3 Å². The minimum Gasteiger partial charge on any atom is -0.352 e. The van der Waals surface area contributed by atoms with E-state index in [1.54, 1.807) is 31.7 Å². The molecule has 1 N–H and O–H groups in total. The number of aliphatic imine (C=N–C) groups is 1. The Morgan fingerprint density at radius 1 is 1.23 bits per heavy atom. The van der Waals surface area contributed by atoms with Crippen molar-refractivity contribution in [2.24, 2.45) is 4.99 Å². The van der Waals surface area contributed by atoms with Crippen LogP contribution < -0.4 is 5.32 Å². The van der Waals surface area contributed by atoms with E-state index in [9.17, 15) is 4.79 Å². The van der Waals surface area contributed by atoms with Gasteiger partial charge in [0.25, 0.3) is 5.91 Å². The molecule has 5 nitrogen and oxygen atoms in total. The Balaban J connectivity index is 1.73. The molecule has 0 saturated heterocycles. The fourth-order valence-corrected chi connectivity index (χ4v) is 2.84. The molecule has 3 rings (SSSR count). The Bertz CT molecular complexity index is 955. The van der Waals surface area contributed by atoms with E-state index >= 15 is 0 Å². The molecule has 0 aliphatic carbocycles. The highest BCUT2D eigenvalue weighted by Gasteiger charge is 2.07. The molecule has 0 bridgehead atoms. The van der Waals surface area contributed by atoms with Crippen molar-refractivity contribution in [1.29, 1.82) is 0 Å². The van der Waals surface area contributed by atoms with Crippen molar-refractivity contribution >= 4 is 34.6 Å². The molecule has 2 aromatic heterocycles. The van der Waals surface area contributed by atoms with E-state index in [-0.39, 0.29) is 5.91 Å². The summed E-state index contributed by atoms with van der Waals surface area (Å²) in [6, 6.07) is 11.5. The summed E-state index contributed by atoms with van der Waals surface area (Å²) in [7, 11) is 1.72. The summed E-state index contributed by atoms with van der Waals surface area (Å²) >= 11 is 6.02. The first kappa shape index (κ1) is 18.0. The molecule has 0 spiro atoms. The lowest BCUT2D eigenvalue weighted by Gasteiger charge is -2.07. The smallest absolute Gasteiger partial charge is 0.251 e. The number of aromatic nitrogens is 2. The number of carbonyl (C=O) groups excluding carboxylic acids is 1. The minimum atomic E-state index is -0.104. The third kappa shape index (κ3) is 4.64. The maximum atomic E-state index is 12.2. The Morgan fingerprint density at radius 2 is 2.12 bits per heavy atom. The lowest BCUT2D eigenvalue weighted by atomic mass is 10.0. The number of benzene rings is 1. The van der Waals surface area contributed by atoms with Gasteiger partial charge in [-0.1, -0.05) is 17.7 Å². The van der Waals surface area contributed by atoms with Crippen LogP contribution in [0.1, 0.15) is 28.0 Å². The van der Waals surface area contributed by atoms with Crippen molar-refractivity contribution in [3.8, 4) is 0 Å². The summed E-state index contributed by atoms with van der Waals surface area (Å²) in [5, 5.41) is 4.47. The quantitative estimate of drug-likeness (QED) is 0.534. The summed E-state index contributed by atoms with van der Waals surface area (Å²) in [4.78, 5) is 24.8. The second-order valence-electron chi connectivity index (χ2n) is 5.88. The van der Waals surface area contributed by atoms with Crippen molar-refractivity contribution in [3.63, 3.8) is 0 Å². The maximum absolute atomic E-state index is 12.2. The molecule has 6 heteroatoms. The molecule has 2 heterocycles. The Labute approximate surface area is 157 Å². The van der Waals surface area contributed by atoms with Crippen LogP contribution in [0.25, 0.3) is 10.9 Å². The number of carbonyl (C=O) groups is 1. The van der Waals surface area contributed by atoms with Crippen molar-refractivity contribution in [2.45, 2.75) is 12.8 Å². The summed E-state index contributed by atoms with van der Waals surface area (Å²) in [6.45, 7) is 0.562. The molecular formula is C20H19ClN4O. The van der Waals surface area contributed by atoms with Crippen LogP contribution in [0.3, 0.4) is 0 Å². The molecule has 26 heavy (non-hydrogen) atoms. The number of amides is 1. The first-order valence-electron chi connectivity index (χ1n) is 8.33. The van der Waals surface area contributed by atoms with Crippen molar-refractivity contribution in [2.75, 3.05) is 13.6 Å². The van der Waals surface area contributed by atoms with E-state index < -0.39 is 0 Å². The molecule has 1 amide bonds. The molecule has 0 aliphatic rings. The van der Waals surface area contributed by atoms with Crippen LogP contribution in [0.15, 0.2) is 53.8 Å². The van der Waals surface area contributed by atoms with E-state index in [1.807, 2.05) is 30.3 Å². The van der Waals surface area contributed by atoms with Gasteiger partial charge in [0.2, 0.25) is 0 Å². The van der Waals surface area contributed by atoms with Crippen LogP contribution in [0.4, 0.5) is 0 Å². The van der Waals surface area contributed by atoms with Gasteiger partial charge in [-0.3, -0.25) is 14.8 Å². The van der Waals surface area contributed by atoms with Gasteiger partial charge in [0.1, 0.15) is 0 Å². The largest absolute Gasteiger partial charge is 0.352 e. The number of rotatable bonds is 6. The molecule has 0 unspecified atom stereocenters. The predicted octanol–water partition coefficient (Wildman–Crippen LogP) is 3.69. The standard InChI is InChI=1S/C20H19ClN4O/c1-22-6-2-7-24-20(26)15-5-8-23-18(12-15)10-14-3-4-19-16(9-14)11-17(21)13-25-19/h3-6,8-9,11-13H,2,7,10H2,1H3,(H,24,26). The molecule has 132 valence electrons. The Morgan fingerprint density at radius 3 is 2.96 bits per heavy atom. The maximum Gasteiger partial charge on any atom is 0.251 e. The van der Waals surface area contributed by atoms with E-state index in [2.05, 4.69) is 20.3 Å². The molecular weight excluding hydrogens is 348 g/mol. The summed E-state index contributed by atoms with van der Waals surface area (Å²) in [5.74, 6) is -0.104. The number of hydrogen-bond acceptors (Lipinski definition) is 4. The third-order valence-corrected chi connectivity index (χ3v) is 4.12. The zero-order valence-corrected chi connectivity index (χ0v) is 15.2. The van der Waals surface area contributed by atoms with Crippen LogP contribution in [-0.4, -0.2) is 35.7 Å². The van der Waals surface area contributed by atoms with Crippen LogP contribution in [0.5, 0.6) is 0 Å². The van der Waals surface area contributed by atoms with E-state index in [0.717, 1.165) is 22.2 Å². The molecule has 3 aromatic rings. The fraction of sp³-hybridized carbons (Fsp3) is 0.200. The number of nitrogens with one attached hydrogen (secondary N) is 1. The zero-order valence-electron chi connectivity index (χ0n) is 14.4. The van der Waals surface area contributed by atoms with Gasteiger partial charge in [0.05, 0.1) is 10.5 Å². The van der Waals surface area contributed by atoms with Crippen molar-refractivity contribution < 1.29 is 4.79 Å². The van der Waals surface area contributed by atoms with Gasteiger partial charge < -0.3 is 10.3 Å². The Kier molecular flexibility index (Phi) is 5.92. The fourth-order valence-electron chi connectivity index (χ4n) is 2.67. The van der Waals surface area contributed by atoms with E-state index in [4.69, 9.17) is 11.6 Å². The van der Waals surface area contributed by atoms with Gasteiger partial charge in [-0.15, -0.1) is 0 Å². The Hall–Kier alpha value is -2.79. The lowest BCUT2D eigenvalue weighted by Crippen LogP contribution is -2.24. The average Bonchev–Trinajstić information content (AvgIpc) is 2.65. The van der Waals surface area contributed by atoms with Gasteiger partial charge in [-0.25, -0.2) is 0 Å². The number of halogens is 1. The molecule has 0 saturated carbocycles. The SMILES string of the molecule is CN=CCCNC(=O)c1ccnc(Cc2ccc3ncc(Cl)cc3c2)c1. The summed E-state index contributed by atoms with van der Waals surface area (Å²) in [5.41, 5.74) is 3.43. The lowest BCUT2D eigenvalue weighted by molar-refractivity contribution is 0.0954. The first-order chi connectivity index (χ1) is 12.7. The predicted molar refractivity (Wildman–Crippen MR) is 105 cm³/mol. The van der Waals surface area contributed by atoms with Crippen molar-refractivity contribution in [3.05, 3.63) is 70.6 Å². The molecule has 0 aliphatic heterocycles. The third-order valence-electron chi connectivity index (χ3n) is 3.92. The van der Waals surface area contributed by atoms with Gasteiger partial charge in [-0.2, -0.15) is 0 Å². The van der Waals surface area contributed by atoms with E-state index in [1.165, 1.54) is 0 Å². The van der Waals surface area contributed by atoms with Crippen LogP contribution >= 0.6 is 11.6 Å².